The highest BCUT2D eigenvalue weighted by molar-refractivity contribution is 5.35. The van der Waals surface area contributed by atoms with Gasteiger partial charge >= 0.3 is 0 Å². The summed E-state index contributed by atoms with van der Waals surface area (Å²) in [7, 11) is 0. The lowest BCUT2D eigenvalue weighted by atomic mass is 10.1. The standard InChI is InChI=1S/C13H17N3/c1-10(14)9-12-3-5-13(6-4-12)16-11(2)7-8-15-16/h3-8,10H,9,14H2,1-2H3. The van der Waals surface area contributed by atoms with E-state index in [1.807, 2.05) is 30.8 Å². The van der Waals surface area contributed by atoms with Crippen LogP contribution in [0.3, 0.4) is 0 Å². The molecule has 1 aromatic heterocycles. The average molecular weight is 215 g/mol. The van der Waals surface area contributed by atoms with Gasteiger partial charge in [0.1, 0.15) is 0 Å². The van der Waals surface area contributed by atoms with E-state index in [0.29, 0.717) is 0 Å². The van der Waals surface area contributed by atoms with Gasteiger partial charge in [0.15, 0.2) is 0 Å². The van der Waals surface area contributed by atoms with Crippen molar-refractivity contribution in [3.63, 3.8) is 0 Å². The van der Waals surface area contributed by atoms with E-state index in [2.05, 4.69) is 29.4 Å². The fraction of sp³-hybridized carbons (Fsp3) is 0.308. The predicted octanol–water partition coefficient (Wildman–Crippen LogP) is 2.07. The number of rotatable bonds is 3. The first kappa shape index (κ1) is 10.9. The van der Waals surface area contributed by atoms with Crippen molar-refractivity contribution in [3.8, 4) is 5.69 Å². The molecule has 0 spiro atoms. The molecule has 0 fully saturated rings. The van der Waals surface area contributed by atoms with Crippen molar-refractivity contribution in [1.82, 2.24) is 9.78 Å². The van der Waals surface area contributed by atoms with E-state index >= 15 is 0 Å². The number of benzene rings is 1. The Bertz CT molecular complexity index is 454. The topological polar surface area (TPSA) is 43.8 Å². The maximum absolute atomic E-state index is 5.76. The maximum Gasteiger partial charge on any atom is 0.0648 e. The molecule has 2 aromatic rings. The molecule has 0 bridgehead atoms. The van der Waals surface area contributed by atoms with Crippen LogP contribution in [0, 0.1) is 6.92 Å². The summed E-state index contributed by atoms with van der Waals surface area (Å²) >= 11 is 0. The molecule has 3 nitrogen and oxygen atoms in total. The van der Waals surface area contributed by atoms with Gasteiger partial charge in [-0.05, 0) is 44.0 Å². The third kappa shape index (κ3) is 2.31. The summed E-state index contributed by atoms with van der Waals surface area (Å²) < 4.78 is 1.93. The van der Waals surface area contributed by atoms with Gasteiger partial charge in [0.2, 0.25) is 0 Å². The number of aryl methyl sites for hydroxylation is 1. The summed E-state index contributed by atoms with van der Waals surface area (Å²) in [5.74, 6) is 0. The summed E-state index contributed by atoms with van der Waals surface area (Å²) in [6, 6.07) is 10.6. The second-order valence-electron chi connectivity index (χ2n) is 4.23. The molecule has 0 aliphatic rings. The molecule has 3 heteroatoms. The monoisotopic (exact) mass is 215 g/mol. The van der Waals surface area contributed by atoms with E-state index in [1.165, 1.54) is 5.56 Å². The molecule has 0 saturated heterocycles. The lowest BCUT2D eigenvalue weighted by Gasteiger charge is -2.07. The van der Waals surface area contributed by atoms with E-state index in [0.717, 1.165) is 17.8 Å². The van der Waals surface area contributed by atoms with Crippen LogP contribution in [-0.4, -0.2) is 15.8 Å². The van der Waals surface area contributed by atoms with Gasteiger partial charge in [0.05, 0.1) is 5.69 Å². The molecule has 1 unspecified atom stereocenters. The Morgan fingerprint density at radius 2 is 1.94 bits per heavy atom. The fourth-order valence-corrected chi connectivity index (χ4v) is 1.78. The van der Waals surface area contributed by atoms with Crippen LogP contribution in [0.1, 0.15) is 18.2 Å². The first-order chi connectivity index (χ1) is 7.66. The Balaban J connectivity index is 2.23. The Morgan fingerprint density at radius 1 is 1.25 bits per heavy atom. The molecule has 16 heavy (non-hydrogen) atoms. The van der Waals surface area contributed by atoms with Crippen molar-refractivity contribution >= 4 is 0 Å². The van der Waals surface area contributed by atoms with Crippen molar-refractivity contribution in [1.29, 1.82) is 0 Å². The molecule has 2 rings (SSSR count). The number of aromatic nitrogens is 2. The fourth-order valence-electron chi connectivity index (χ4n) is 1.78. The summed E-state index contributed by atoms with van der Waals surface area (Å²) in [6.07, 6.45) is 2.73. The first-order valence-corrected chi connectivity index (χ1v) is 5.52. The van der Waals surface area contributed by atoms with Crippen molar-refractivity contribution in [3.05, 3.63) is 47.8 Å². The van der Waals surface area contributed by atoms with Gasteiger partial charge in [0, 0.05) is 17.9 Å². The lowest BCUT2D eigenvalue weighted by molar-refractivity contribution is 0.737. The van der Waals surface area contributed by atoms with Crippen LogP contribution in [0.2, 0.25) is 0 Å². The van der Waals surface area contributed by atoms with Crippen molar-refractivity contribution < 1.29 is 0 Å². The molecule has 1 heterocycles. The van der Waals surface area contributed by atoms with Crippen LogP contribution in [-0.2, 0) is 6.42 Å². The number of nitrogens with two attached hydrogens (primary N) is 1. The largest absolute Gasteiger partial charge is 0.328 e. The van der Waals surface area contributed by atoms with E-state index in [9.17, 15) is 0 Å². The summed E-state index contributed by atoms with van der Waals surface area (Å²) in [5, 5.41) is 4.27. The SMILES string of the molecule is Cc1ccnn1-c1ccc(CC(C)N)cc1. The highest BCUT2D eigenvalue weighted by Gasteiger charge is 2.01. The van der Waals surface area contributed by atoms with Gasteiger partial charge < -0.3 is 5.73 Å². The predicted molar refractivity (Wildman–Crippen MR) is 65.7 cm³/mol. The van der Waals surface area contributed by atoms with E-state index in [1.54, 1.807) is 0 Å². The van der Waals surface area contributed by atoms with Gasteiger partial charge in [-0.3, -0.25) is 0 Å². The highest BCUT2D eigenvalue weighted by Crippen LogP contribution is 2.12. The molecular weight excluding hydrogens is 198 g/mol. The van der Waals surface area contributed by atoms with Crippen LogP contribution >= 0.6 is 0 Å². The van der Waals surface area contributed by atoms with Gasteiger partial charge in [0.25, 0.3) is 0 Å². The summed E-state index contributed by atoms with van der Waals surface area (Å²) in [5.41, 5.74) is 9.26. The average Bonchev–Trinajstić information content (AvgIpc) is 2.65. The van der Waals surface area contributed by atoms with Crippen molar-refractivity contribution in [2.45, 2.75) is 26.3 Å². The third-order valence-electron chi connectivity index (χ3n) is 2.57. The zero-order chi connectivity index (χ0) is 11.5. The molecule has 1 aromatic carbocycles. The smallest absolute Gasteiger partial charge is 0.0648 e. The maximum atomic E-state index is 5.76. The molecule has 0 aliphatic carbocycles. The molecular formula is C13H17N3. The minimum Gasteiger partial charge on any atom is -0.328 e. The Labute approximate surface area is 95.9 Å². The van der Waals surface area contributed by atoms with Crippen LogP contribution in [0.25, 0.3) is 5.69 Å². The highest BCUT2D eigenvalue weighted by atomic mass is 15.3. The van der Waals surface area contributed by atoms with Gasteiger partial charge in [-0.15, -0.1) is 0 Å². The Hall–Kier alpha value is -1.61. The molecule has 0 aliphatic heterocycles. The number of hydrogen-bond donors (Lipinski definition) is 1. The van der Waals surface area contributed by atoms with Crippen LogP contribution in [0.5, 0.6) is 0 Å². The molecule has 0 radical (unpaired) electrons. The number of nitrogens with zero attached hydrogens (tertiary/aromatic N) is 2. The molecule has 0 amide bonds. The van der Waals surface area contributed by atoms with Gasteiger partial charge in [-0.1, -0.05) is 12.1 Å². The Kier molecular flexibility index (Phi) is 3.06. The Morgan fingerprint density at radius 3 is 2.44 bits per heavy atom. The van der Waals surface area contributed by atoms with Crippen LogP contribution < -0.4 is 5.73 Å². The van der Waals surface area contributed by atoms with E-state index < -0.39 is 0 Å². The van der Waals surface area contributed by atoms with Crippen molar-refractivity contribution in [2.75, 3.05) is 0 Å². The van der Waals surface area contributed by atoms with Crippen molar-refractivity contribution in [2.24, 2.45) is 5.73 Å². The molecule has 84 valence electrons. The zero-order valence-electron chi connectivity index (χ0n) is 9.72. The van der Waals surface area contributed by atoms with E-state index in [-0.39, 0.29) is 6.04 Å². The van der Waals surface area contributed by atoms with Crippen LogP contribution in [0.4, 0.5) is 0 Å². The lowest BCUT2D eigenvalue weighted by Crippen LogP contribution is -2.17. The van der Waals surface area contributed by atoms with E-state index in [4.69, 9.17) is 5.73 Å². The first-order valence-electron chi connectivity index (χ1n) is 5.52. The summed E-state index contributed by atoms with van der Waals surface area (Å²) in [6.45, 7) is 4.06. The quantitative estimate of drug-likeness (QED) is 0.851. The number of hydrogen-bond acceptors (Lipinski definition) is 2. The normalized spacial score (nSPS) is 12.7. The minimum absolute atomic E-state index is 0.206. The van der Waals surface area contributed by atoms with Gasteiger partial charge in [-0.2, -0.15) is 5.10 Å². The zero-order valence-corrected chi connectivity index (χ0v) is 9.72. The summed E-state index contributed by atoms with van der Waals surface area (Å²) in [4.78, 5) is 0. The van der Waals surface area contributed by atoms with Gasteiger partial charge in [-0.25, -0.2) is 4.68 Å². The van der Waals surface area contributed by atoms with Crippen LogP contribution in [0.15, 0.2) is 36.5 Å². The molecule has 1 atom stereocenters. The second kappa shape index (κ2) is 4.49. The third-order valence-corrected chi connectivity index (χ3v) is 2.57. The molecule has 2 N–H and O–H groups in total. The second-order valence-corrected chi connectivity index (χ2v) is 4.23. The molecule has 0 saturated carbocycles. The minimum atomic E-state index is 0.206.